The first-order chi connectivity index (χ1) is 6.84. The maximum absolute atomic E-state index is 4.01. The second-order valence-corrected chi connectivity index (χ2v) is 2.23. The van der Waals surface area contributed by atoms with E-state index in [-0.39, 0.29) is 0 Å². The Morgan fingerprint density at radius 1 is 1.14 bits per heavy atom. The lowest BCUT2D eigenvalue weighted by molar-refractivity contribution is 1.27. The van der Waals surface area contributed by atoms with Crippen molar-refractivity contribution in [2.45, 2.75) is 41.5 Å². The van der Waals surface area contributed by atoms with Gasteiger partial charge in [0.1, 0.15) is 0 Å². The van der Waals surface area contributed by atoms with Crippen LogP contribution in [0.1, 0.15) is 45.7 Å². The highest BCUT2D eigenvalue weighted by molar-refractivity contribution is 5.51. The fourth-order valence-corrected chi connectivity index (χ4v) is 0.830. The Morgan fingerprint density at radius 2 is 1.71 bits per heavy atom. The summed E-state index contributed by atoms with van der Waals surface area (Å²) in [7, 11) is 0. The summed E-state index contributed by atoms with van der Waals surface area (Å²) >= 11 is 0. The predicted molar refractivity (Wildman–Crippen MR) is 66.4 cm³/mol. The number of pyridine rings is 1. The van der Waals surface area contributed by atoms with Gasteiger partial charge in [0, 0.05) is 12.4 Å². The third kappa shape index (κ3) is 6.41. The van der Waals surface area contributed by atoms with Crippen LogP contribution in [0.15, 0.2) is 24.5 Å². The zero-order valence-electron chi connectivity index (χ0n) is 10.3. The van der Waals surface area contributed by atoms with Gasteiger partial charge >= 0.3 is 0 Å². The van der Waals surface area contributed by atoms with Gasteiger partial charge in [0.25, 0.3) is 0 Å². The molecule has 14 heavy (non-hydrogen) atoms. The highest BCUT2D eigenvalue weighted by Gasteiger charge is 1.88. The number of hydrogen-bond donors (Lipinski definition) is 0. The van der Waals surface area contributed by atoms with Gasteiger partial charge in [0.05, 0.1) is 0 Å². The van der Waals surface area contributed by atoms with Gasteiger partial charge in [-0.3, -0.25) is 4.98 Å². The lowest BCUT2D eigenvalue weighted by Gasteiger charge is -1.95. The summed E-state index contributed by atoms with van der Waals surface area (Å²) in [4.78, 5) is 4.01. The molecule has 1 aromatic heterocycles. The van der Waals surface area contributed by atoms with Crippen LogP contribution < -0.4 is 0 Å². The zero-order valence-corrected chi connectivity index (χ0v) is 10.3. The topological polar surface area (TPSA) is 12.9 Å². The molecule has 1 nitrogen and oxygen atoms in total. The van der Waals surface area contributed by atoms with E-state index < -0.39 is 0 Å². The third-order valence-electron chi connectivity index (χ3n) is 1.43. The molecule has 1 heteroatoms. The van der Waals surface area contributed by atoms with Crippen molar-refractivity contribution in [2.24, 2.45) is 0 Å². The fourth-order valence-electron chi connectivity index (χ4n) is 0.830. The van der Waals surface area contributed by atoms with Gasteiger partial charge in [0.15, 0.2) is 0 Å². The smallest absolute Gasteiger partial charge is 0.0342 e. The molecule has 1 aromatic rings. The number of aryl methyl sites for hydroxylation is 1. The Kier molecular flexibility index (Phi) is 13.1. The van der Waals surface area contributed by atoms with E-state index in [9.17, 15) is 0 Å². The van der Waals surface area contributed by atoms with Gasteiger partial charge in [-0.2, -0.15) is 0 Å². The second kappa shape index (κ2) is 11.9. The van der Waals surface area contributed by atoms with E-state index >= 15 is 0 Å². The Morgan fingerprint density at radius 3 is 2.14 bits per heavy atom. The number of aromatic nitrogens is 1. The van der Waals surface area contributed by atoms with Gasteiger partial charge in [0.2, 0.25) is 0 Å². The van der Waals surface area contributed by atoms with E-state index in [0.717, 1.165) is 0 Å². The molecule has 0 saturated heterocycles. The lowest BCUT2D eigenvalue weighted by Crippen LogP contribution is -1.80. The molecule has 0 unspecified atom stereocenters. The van der Waals surface area contributed by atoms with Crippen molar-refractivity contribution >= 4 is 6.08 Å². The zero-order chi connectivity index (χ0) is 11.4. The quantitative estimate of drug-likeness (QED) is 0.641. The molecule has 0 bridgehead atoms. The van der Waals surface area contributed by atoms with Crippen LogP contribution in [0.2, 0.25) is 0 Å². The monoisotopic (exact) mass is 193 g/mol. The van der Waals surface area contributed by atoms with Crippen LogP contribution in [-0.2, 0) is 0 Å². The first kappa shape index (κ1) is 15.4. The summed E-state index contributed by atoms with van der Waals surface area (Å²) in [5.74, 6) is 0. The van der Waals surface area contributed by atoms with E-state index in [1.165, 1.54) is 11.1 Å². The Labute approximate surface area is 88.9 Å². The predicted octanol–water partition coefficient (Wildman–Crippen LogP) is 4.48. The Balaban J connectivity index is 0. The molecular formula is C13H23N. The van der Waals surface area contributed by atoms with E-state index in [2.05, 4.69) is 18.0 Å². The maximum atomic E-state index is 4.01. The number of allylic oxidation sites excluding steroid dienone is 1. The first-order valence-corrected chi connectivity index (χ1v) is 5.38. The van der Waals surface area contributed by atoms with Crippen LogP contribution in [0, 0.1) is 6.92 Å². The van der Waals surface area contributed by atoms with Crippen molar-refractivity contribution in [1.82, 2.24) is 4.98 Å². The van der Waals surface area contributed by atoms with Crippen LogP contribution in [0.5, 0.6) is 0 Å². The van der Waals surface area contributed by atoms with Crippen molar-refractivity contribution in [3.8, 4) is 0 Å². The normalized spacial score (nSPS) is 8.43. The molecule has 1 rings (SSSR count). The number of hydrogen-bond acceptors (Lipinski definition) is 1. The summed E-state index contributed by atoms with van der Waals surface area (Å²) in [6.07, 6.45) is 7.75. The molecule has 0 saturated carbocycles. The molecule has 0 amide bonds. The average Bonchev–Trinajstić information content (AvgIpc) is 2.28. The Hall–Kier alpha value is -1.11. The molecule has 0 fully saturated rings. The van der Waals surface area contributed by atoms with E-state index in [4.69, 9.17) is 0 Å². The molecule has 0 aliphatic carbocycles. The third-order valence-corrected chi connectivity index (χ3v) is 1.43. The maximum Gasteiger partial charge on any atom is 0.0342 e. The minimum atomic E-state index is 1.20. The van der Waals surface area contributed by atoms with Crippen LogP contribution in [-0.4, -0.2) is 4.98 Å². The molecule has 0 aromatic carbocycles. The summed E-state index contributed by atoms with van der Waals surface area (Å²) < 4.78 is 0. The molecule has 0 aliphatic heterocycles. The minimum absolute atomic E-state index is 1.20. The van der Waals surface area contributed by atoms with Crippen LogP contribution in [0.3, 0.4) is 0 Å². The summed E-state index contributed by atoms with van der Waals surface area (Å²) in [5.41, 5.74) is 2.47. The molecule has 0 N–H and O–H groups in total. The highest BCUT2D eigenvalue weighted by atomic mass is 14.6. The van der Waals surface area contributed by atoms with E-state index in [0.29, 0.717) is 0 Å². The summed E-state index contributed by atoms with van der Waals surface area (Å²) in [6, 6.07) is 2.01. The van der Waals surface area contributed by atoms with Gasteiger partial charge in [-0.15, -0.1) is 0 Å². The SMILES string of the molecule is C/C=C\c1cnccc1C.CC.CC. The van der Waals surface area contributed by atoms with Crippen LogP contribution >= 0.6 is 0 Å². The summed E-state index contributed by atoms with van der Waals surface area (Å²) in [5, 5.41) is 0. The van der Waals surface area contributed by atoms with E-state index in [1.54, 1.807) is 0 Å². The second-order valence-electron chi connectivity index (χ2n) is 2.23. The molecule has 1 heterocycles. The van der Waals surface area contributed by atoms with Crippen molar-refractivity contribution in [2.75, 3.05) is 0 Å². The lowest BCUT2D eigenvalue weighted by atomic mass is 10.1. The van der Waals surface area contributed by atoms with E-state index in [1.807, 2.05) is 59.2 Å². The highest BCUT2D eigenvalue weighted by Crippen LogP contribution is 2.05. The molecule has 0 spiro atoms. The average molecular weight is 193 g/mol. The molecule has 0 aliphatic rings. The van der Waals surface area contributed by atoms with Crippen LogP contribution in [0.25, 0.3) is 6.08 Å². The van der Waals surface area contributed by atoms with Gasteiger partial charge in [-0.1, -0.05) is 39.8 Å². The number of nitrogens with zero attached hydrogens (tertiary/aromatic N) is 1. The van der Waals surface area contributed by atoms with Crippen molar-refractivity contribution in [3.63, 3.8) is 0 Å². The molecular weight excluding hydrogens is 170 g/mol. The van der Waals surface area contributed by atoms with Crippen molar-refractivity contribution in [1.29, 1.82) is 0 Å². The largest absolute Gasteiger partial charge is 0.264 e. The first-order valence-electron chi connectivity index (χ1n) is 5.38. The fraction of sp³-hybridized carbons (Fsp3) is 0.462. The minimum Gasteiger partial charge on any atom is -0.264 e. The van der Waals surface area contributed by atoms with Gasteiger partial charge < -0.3 is 0 Å². The molecule has 80 valence electrons. The standard InChI is InChI=1S/C9H11N.2C2H6/c1-3-4-9-7-10-6-5-8(9)2;2*1-2/h3-7H,1-2H3;2*1-2H3/b4-3-;;. The molecule has 0 radical (unpaired) electrons. The Bertz CT molecular complexity index is 239. The molecule has 0 atom stereocenters. The van der Waals surface area contributed by atoms with Crippen LogP contribution in [0.4, 0.5) is 0 Å². The summed E-state index contributed by atoms with van der Waals surface area (Å²) in [6.45, 7) is 12.1. The van der Waals surface area contributed by atoms with Crippen molar-refractivity contribution in [3.05, 3.63) is 35.7 Å². The van der Waals surface area contributed by atoms with Gasteiger partial charge in [-0.25, -0.2) is 0 Å². The van der Waals surface area contributed by atoms with Crippen molar-refractivity contribution < 1.29 is 0 Å². The van der Waals surface area contributed by atoms with Gasteiger partial charge in [-0.05, 0) is 31.0 Å². The number of rotatable bonds is 1.